The van der Waals surface area contributed by atoms with Crippen molar-refractivity contribution in [3.05, 3.63) is 40.5 Å². The Labute approximate surface area is 105 Å². The highest BCUT2D eigenvalue weighted by Gasteiger charge is 1.95. The highest BCUT2D eigenvalue weighted by Crippen LogP contribution is 2.12. The van der Waals surface area contributed by atoms with Crippen LogP contribution in [0.5, 0.6) is 0 Å². The summed E-state index contributed by atoms with van der Waals surface area (Å²) in [7, 11) is 1.72. The molecule has 0 aromatic heterocycles. The van der Waals surface area contributed by atoms with Gasteiger partial charge in [-0.2, -0.15) is 0 Å². The molecule has 0 aliphatic rings. The van der Waals surface area contributed by atoms with Gasteiger partial charge in [0, 0.05) is 20.2 Å². The Morgan fingerprint density at radius 1 is 1.24 bits per heavy atom. The van der Waals surface area contributed by atoms with Crippen molar-refractivity contribution < 1.29 is 4.74 Å². The molecule has 1 rings (SSSR count). The fourth-order valence-corrected chi connectivity index (χ4v) is 1.89. The van der Waals surface area contributed by atoms with Gasteiger partial charge < -0.3 is 10.1 Å². The lowest BCUT2D eigenvalue weighted by Crippen LogP contribution is -2.20. The lowest BCUT2D eigenvalue weighted by molar-refractivity contribution is 0.200. The zero-order valence-corrected chi connectivity index (χ0v) is 11.3. The number of benzene rings is 1. The summed E-state index contributed by atoms with van der Waals surface area (Å²) in [5, 5.41) is 3.34. The molecule has 0 radical (unpaired) electrons. The van der Waals surface area contributed by atoms with Crippen molar-refractivity contribution in [3.8, 4) is 0 Å². The Hall–Kier alpha value is -1.12. The van der Waals surface area contributed by atoms with E-state index in [1.165, 1.54) is 22.3 Å². The van der Waals surface area contributed by atoms with E-state index in [1.807, 2.05) is 0 Å². The zero-order valence-electron chi connectivity index (χ0n) is 11.3. The second-order valence-corrected chi connectivity index (χ2v) is 4.58. The first-order chi connectivity index (χ1) is 8.11. The second-order valence-electron chi connectivity index (χ2n) is 4.58. The van der Waals surface area contributed by atoms with Gasteiger partial charge in [0.25, 0.3) is 0 Å². The van der Waals surface area contributed by atoms with Crippen LogP contribution >= 0.6 is 0 Å². The average molecular weight is 233 g/mol. The Morgan fingerprint density at radius 2 is 1.88 bits per heavy atom. The number of rotatable bonds is 6. The predicted molar refractivity (Wildman–Crippen MR) is 74.3 cm³/mol. The average Bonchev–Trinajstić information content (AvgIpc) is 2.23. The van der Waals surface area contributed by atoms with Crippen LogP contribution in [0.25, 0.3) is 6.08 Å². The van der Waals surface area contributed by atoms with Crippen LogP contribution in [0, 0.1) is 13.8 Å². The summed E-state index contributed by atoms with van der Waals surface area (Å²) < 4.78 is 4.99. The number of hydrogen-bond donors (Lipinski definition) is 1. The summed E-state index contributed by atoms with van der Waals surface area (Å²) in [5.74, 6) is 0. The molecular weight excluding hydrogens is 210 g/mol. The van der Waals surface area contributed by atoms with Gasteiger partial charge in [0.15, 0.2) is 0 Å². The van der Waals surface area contributed by atoms with Crippen LogP contribution in [0.15, 0.2) is 23.8 Å². The van der Waals surface area contributed by atoms with Crippen LogP contribution in [0.2, 0.25) is 0 Å². The zero-order chi connectivity index (χ0) is 12.7. The molecule has 0 spiro atoms. The van der Waals surface area contributed by atoms with Crippen LogP contribution in [-0.2, 0) is 4.74 Å². The van der Waals surface area contributed by atoms with Crippen LogP contribution < -0.4 is 5.32 Å². The van der Waals surface area contributed by atoms with Crippen LogP contribution in [0.4, 0.5) is 0 Å². The van der Waals surface area contributed by atoms with Gasteiger partial charge in [0.2, 0.25) is 0 Å². The number of aryl methyl sites for hydroxylation is 2. The second kappa shape index (κ2) is 7.25. The van der Waals surface area contributed by atoms with E-state index in [-0.39, 0.29) is 0 Å². The molecule has 0 atom stereocenters. The monoisotopic (exact) mass is 233 g/mol. The molecule has 1 aromatic rings. The van der Waals surface area contributed by atoms with Crippen molar-refractivity contribution in [2.45, 2.75) is 20.8 Å². The molecule has 0 bridgehead atoms. The maximum Gasteiger partial charge on any atom is 0.0587 e. The molecule has 17 heavy (non-hydrogen) atoms. The van der Waals surface area contributed by atoms with E-state index < -0.39 is 0 Å². The fourth-order valence-electron chi connectivity index (χ4n) is 1.89. The van der Waals surface area contributed by atoms with Crippen molar-refractivity contribution in [2.75, 3.05) is 26.8 Å². The lowest BCUT2D eigenvalue weighted by Gasteiger charge is -2.05. The first kappa shape index (κ1) is 13.9. The first-order valence-corrected chi connectivity index (χ1v) is 6.07. The van der Waals surface area contributed by atoms with Crippen LogP contribution in [0.3, 0.4) is 0 Å². The van der Waals surface area contributed by atoms with E-state index in [0.29, 0.717) is 0 Å². The third kappa shape index (κ3) is 5.66. The van der Waals surface area contributed by atoms with Gasteiger partial charge in [-0.25, -0.2) is 0 Å². The number of nitrogens with one attached hydrogen (secondary N) is 1. The topological polar surface area (TPSA) is 21.3 Å². The maximum absolute atomic E-state index is 4.99. The van der Waals surface area contributed by atoms with Crippen molar-refractivity contribution >= 4 is 6.08 Å². The van der Waals surface area contributed by atoms with Gasteiger partial charge in [0.1, 0.15) is 0 Å². The highest BCUT2D eigenvalue weighted by molar-refractivity contribution is 5.54. The van der Waals surface area contributed by atoms with Crippen LogP contribution in [-0.4, -0.2) is 26.8 Å². The number of hydrogen-bond acceptors (Lipinski definition) is 2. The van der Waals surface area contributed by atoms with Crippen molar-refractivity contribution in [1.82, 2.24) is 5.32 Å². The van der Waals surface area contributed by atoms with Crippen molar-refractivity contribution in [2.24, 2.45) is 0 Å². The standard InChI is InChI=1S/C15H23NO/c1-12-7-13(2)9-15(8-12)10-14(3)11-16-5-6-17-4/h7-10,16H,5-6,11H2,1-4H3. The van der Waals surface area contributed by atoms with Crippen LogP contribution in [0.1, 0.15) is 23.6 Å². The normalized spacial score (nSPS) is 11.9. The van der Waals surface area contributed by atoms with Gasteiger partial charge >= 0.3 is 0 Å². The summed E-state index contributed by atoms with van der Waals surface area (Å²) in [4.78, 5) is 0. The maximum atomic E-state index is 4.99. The SMILES string of the molecule is COCCNCC(C)=Cc1cc(C)cc(C)c1. The minimum atomic E-state index is 0.761. The van der Waals surface area contributed by atoms with E-state index in [2.05, 4.69) is 50.4 Å². The molecule has 2 nitrogen and oxygen atoms in total. The van der Waals surface area contributed by atoms with E-state index >= 15 is 0 Å². The van der Waals surface area contributed by atoms with Gasteiger partial charge in [-0.05, 0) is 26.3 Å². The van der Waals surface area contributed by atoms with E-state index in [0.717, 1.165) is 19.7 Å². The molecule has 0 unspecified atom stereocenters. The van der Waals surface area contributed by atoms with Gasteiger partial charge in [-0.3, -0.25) is 0 Å². The molecule has 1 N–H and O–H groups in total. The fraction of sp³-hybridized carbons (Fsp3) is 0.467. The summed E-state index contributed by atoms with van der Waals surface area (Å²) in [5.41, 5.74) is 5.26. The van der Waals surface area contributed by atoms with Gasteiger partial charge in [-0.15, -0.1) is 0 Å². The smallest absolute Gasteiger partial charge is 0.0587 e. The summed E-state index contributed by atoms with van der Waals surface area (Å²) >= 11 is 0. The minimum absolute atomic E-state index is 0.761. The molecule has 0 amide bonds. The molecule has 1 aromatic carbocycles. The molecule has 0 saturated heterocycles. The summed E-state index contributed by atoms with van der Waals surface area (Å²) in [6.45, 7) is 8.99. The molecular formula is C15H23NO. The highest BCUT2D eigenvalue weighted by atomic mass is 16.5. The summed E-state index contributed by atoms with van der Waals surface area (Å²) in [6, 6.07) is 6.63. The number of methoxy groups -OCH3 is 1. The van der Waals surface area contributed by atoms with Crippen molar-refractivity contribution in [3.63, 3.8) is 0 Å². The molecule has 2 heteroatoms. The third-order valence-corrected chi connectivity index (χ3v) is 2.54. The van der Waals surface area contributed by atoms with Crippen molar-refractivity contribution in [1.29, 1.82) is 0 Å². The Kier molecular flexibility index (Phi) is 5.95. The molecule has 0 heterocycles. The molecule has 0 saturated carbocycles. The number of ether oxygens (including phenoxy) is 1. The quantitative estimate of drug-likeness (QED) is 0.763. The Bertz CT molecular complexity index is 362. The summed E-state index contributed by atoms with van der Waals surface area (Å²) in [6.07, 6.45) is 2.24. The molecule has 0 aliphatic carbocycles. The Morgan fingerprint density at radius 3 is 2.47 bits per heavy atom. The van der Waals surface area contributed by atoms with Gasteiger partial charge in [0.05, 0.1) is 6.61 Å². The van der Waals surface area contributed by atoms with Gasteiger partial charge in [-0.1, -0.05) is 41.0 Å². The molecule has 0 aliphatic heterocycles. The molecule has 94 valence electrons. The largest absolute Gasteiger partial charge is 0.383 e. The minimum Gasteiger partial charge on any atom is -0.383 e. The Balaban J connectivity index is 2.54. The predicted octanol–water partition coefficient (Wildman–Crippen LogP) is 2.94. The van der Waals surface area contributed by atoms with E-state index in [9.17, 15) is 0 Å². The first-order valence-electron chi connectivity index (χ1n) is 6.07. The lowest BCUT2D eigenvalue weighted by atomic mass is 10.1. The van der Waals surface area contributed by atoms with E-state index in [4.69, 9.17) is 4.74 Å². The van der Waals surface area contributed by atoms with E-state index in [1.54, 1.807) is 7.11 Å². The third-order valence-electron chi connectivity index (χ3n) is 2.54. The molecule has 0 fully saturated rings.